The highest BCUT2D eigenvalue weighted by Gasteiger charge is 1.99. The summed E-state index contributed by atoms with van der Waals surface area (Å²) in [6, 6.07) is 0. The number of allylic oxidation sites excluding steroid dienone is 2. The summed E-state index contributed by atoms with van der Waals surface area (Å²) in [6.45, 7) is 2.30. The Morgan fingerprint density at radius 1 is 0.457 bits per heavy atom. The zero-order chi connectivity index (χ0) is 25.5. The van der Waals surface area contributed by atoms with Gasteiger partial charge in [0.1, 0.15) is 0 Å². The van der Waals surface area contributed by atoms with Gasteiger partial charge in [-0.25, -0.2) is 0 Å². The number of hydrogen-bond acceptors (Lipinski definition) is 2. The maximum Gasteiger partial charge on any atom is 0.305 e. The van der Waals surface area contributed by atoms with E-state index in [1.165, 1.54) is 174 Å². The fraction of sp³-hybridized carbons (Fsp3) is 0.909. The molecule has 35 heavy (non-hydrogen) atoms. The van der Waals surface area contributed by atoms with Gasteiger partial charge in [-0.15, -0.1) is 0 Å². The fourth-order valence-electron chi connectivity index (χ4n) is 4.92. The van der Waals surface area contributed by atoms with E-state index in [1.807, 2.05) is 0 Å². The lowest BCUT2D eigenvalue weighted by Gasteiger charge is -2.03. The molecule has 0 fully saturated rings. The number of methoxy groups -OCH3 is 1. The molecule has 0 aromatic heterocycles. The minimum Gasteiger partial charge on any atom is -0.469 e. The minimum absolute atomic E-state index is 0.0643. The van der Waals surface area contributed by atoms with Crippen molar-refractivity contribution in [2.75, 3.05) is 7.11 Å². The second kappa shape index (κ2) is 31.2. The molecular formula is C33H64O2. The van der Waals surface area contributed by atoms with Gasteiger partial charge >= 0.3 is 5.97 Å². The van der Waals surface area contributed by atoms with Crippen LogP contribution in [-0.2, 0) is 9.53 Å². The lowest BCUT2D eigenvalue weighted by molar-refractivity contribution is -0.140. The summed E-state index contributed by atoms with van der Waals surface area (Å²) in [5, 5.41) is 0. The van der Waals surface area contributed by atoms with Crippen LogP contribution in [0.1, 0.15) is 187 Å². The molecule has 0 spiro atoms. The molecule has 0 aromatic carbocycles. The van der Waals surface area contributed by atoms with Gasteiger partial charge in [-0.05, 0) is 32.1 Å². The zero-order valence-corrected chi connectivity index (χ0v) is 24.3. The van der Waals surface area contributed by atoms with Crippen LogP contribution in [0.25, 0.3) is 0 Å². The highest BCUT2D eigenvalue weighted by atomic mass is 16.5. The van der Waals surface area contributed by atoms with Gasteiger partial charge in [0.2, 0.25) is 0 Å². The van der Waals surface area contributed by atoms with Crippen LogP contribution >= 0.6 is 0 Å². The Hall–Kier alpha value is -0.790. The molecular weight excluding hydrogens is 428 g/mol. The van der Waals surface area contributed by atoms with Crippen LogP contribution in [-0.4, -0.2) is 13.1 Å². The Kier molecular flexibility index (Phi) is 30.5. The number of ether oxygens (including phenoxy) is 1. The van der Waals surface area contributed by atoms with E-state index < -0.39 is 0 Å². The molecule has 208 valence electrons. The summed E-state index contributed by atoms with van der Waals surface area (Å²) in [5.74, 6) is -0.0643. The van der Waals surface area contributed by atoms with Crippen molar-refractivity contribution < 1.29 is 9.53 Å². The molecule has 0 saturated heterocycles. The second-order valence-corrected chi connectivity index (χ2v) is 10.9. The molecule has 0 saturated carbocycles. The van der Waals surface area contributed by atoms with Gasteiger partial charge < -0.3 is 4.74 Å². The molecule has 0 heterocycles. The number of esters is 1. The molecule has 2 nitrogen and oxygen atoms in total. The smallest absolute Gasteiger partial charge is 0.305 e. The monoisotopic (exact) mass is 492 g/mol. The van der Waals surface area contributed by atoms with E-state index in [-0.39, 0.29) is 5.97 Å². The van der Waals surface area contributed by atoms with Crippen molar-refractivity contribution in [2.24, 2.45) is 0 Å². The number of rotatable bonds is 29. The van der Waals surface area contributed by atoms with Crippen molar-refractivity contribution in [2.45, 2.75) is 187 Å². The first-order chi connectivity index (χ1) is 17.3. The number of unbranched alkanes of at least 4 members (excludes halogenated alkanes) is 25. The van der Waals surface area contributed by atoms with Crippen LogP contribution in [0.3, 0.4) is 0 Å². The molecule has 0 radical (unpaired) electrons. The van der Waals surface area contributed by atoms with Crippen LogP contribution in [0.15, 0.2) is 12.2 Å². The number of carbonyl (C=O) groups is 1. The topological polar surface area (TPSA) is 26.3 Å². The van der Waals surface area contributed by atoms with Crippen LogP contribution < -0.4 is 0 Å². The van der Waals surface area contributed by atoms with Gasteiger partial charge in [0.05, 0.1) is 7.11 Å². The quantitative estimate of drug-likeness (QED) is 0.0589. The zero-order valence-electron chi connectivity index (χ0n) is 24.3. The van der Waals surface area contributed by atoms with E-state index in [4.69, 9.17) is 0 Å². The van der Waals surface area contributed by atoms with Crippen molar-refractivity contribution in [3.63, 3.8) is 0 Å². The Morgan fingerprint density at radius 3 is 1.06 bits per heavy atom. The lowest BCUT2D eigenvalue weighted by atomic mass is 10.0. The molecule has 0 rings (SSSR count). The Morgan fingerprint density at radius 2 is 0.743 bits per heavy atom. The van der Waals surface area contributed by atoms with E-state index in [2.05, 4.69) is 23.8 Å². The van der Waals surface area contributed by atoms with Crippen molar-refractivity contribution in [1.29, 1.82) is 0 Å². The molecule has 0 atom stereocenters. The average molecular weight is 493 g/mol. The van der Waals surface area contributed by atoms with Crippen LogP contribution in [0.2, 0.25) is 0 Å². The second-order valence-electron chi connectivity index (χ2n) is 10.9. The van der Waals surface area contributed by atoms with E-state index in [0.29, 0.717) is 6.42 Å². The van der Waals surface area contributed by atoms with Crippen molar-refractivity contribution >= 4 is 5.97 Å². The first-order valence-electron chi connectivity index (χ1n) is 16.0. The number of carbonyl (C=O) groups excluding carboxylic acids is 1. The van der Waals surface area contributed by atoms with Gasteiger partial charge in [0.25, 0.3) is 0 Å². The minimum atomic E-state index is -0.0643. The van der Waals surface area contributed by atoms with Gasteiger partial charge in [-0.2, -0.15) is 0 Å². The van der Waals surface area contributed by atoms with E-state index in [9.17, 15) is 4.79 Å². The highest BCUT2D eigenvalue weighted by molar-refractivity contribution is 5.68. The average Bonchev–Trinajstić information content (AvgIpc) is 2.87. The molecule has 0 aromatic rings. The maximum absolute atomic E-state index is 11.0. The first kappa shape index (κ1) is 34.2. The third-order valence-electron chi connectivity index (χ3n) is 7.37. The van der Waals surface area contributed by atoms with Crippen molar-refractivity contribution in [3.8, 4) is 0 Å². The van der Waals surface area contributed by atoms with Crippen LogP contribution in [0.5, 0.6) is 0 Å². The molecule has 0 N–H and O–H groups in total. The molecule has 0 aliphatic heterocycles. The Labute approximate surface area is 221 Å². The third kappa shape index (κ3) is 31.2. The summed E-state index contributed by atoms with van der Waals surface area (Å²) >= 11 is 0. The first-order valence-corrected chi connectivity index (χ1v) is 16.0. The maximum atomic E-state index is 11.0. The highest BCUT2D eigenvalue weighted by Crippen LogP contribution is 2.15. The third-order valence-corrected chi connectivity index (χ3v) is 7.37. The van der Waals surface area contributed by atoms with E-state index in [1.54, 1.807) is 0 Å². The predicted molar refractivity (Wildman–Crippen MR) is 156 cm³/mol. The molecule has 0 aliphatic rings. The largest absolute Gasteiger partial charge is 0.469 e. The van der Waals surface area contributed by atoms with Crippen molar-refractivity contribution in [1.82, 2.24) is 0 Å². The van der Waals surface area contributed by atoms with Gasteiger partial charge in [-0.1, -0.05) is 160 Å². The van der Waals surface area contributed by atoms with Crippen LogP contribution in [0, 0.1) is 0 Å². The molecule has 0 amide bonds. The molecule has 0 aliphatic carbocycles. The summed E-state index contributed by atoms with van der Waals surface area (Å²) in [7, 11) is 1.47. The standard InChI is InChI=1S/C33H64O2/c1-3-4-5-6-7-8-9-10-11-12-13-14-15-16-17-18-19-20-21-22-23-24-25-26-27-28-29-30-31-32-33(34)35-2/h18-19H,3-17,20-32H2,1-2H3/b19-18-. The van der Waals surface area contributed by atoms with E-state index >= 15 is 0 Å². The van der Waals surface area contributed by atoms with Gasteiger partial charge in [-0.3, -0.25) is 4.79 Å². The number of hydrogen-bond donors (Lipinski definition) is 0. The summed E-state index contributed by atoms with van der Waals surface area (Å²) < 4.78 is 4.67. The van der Waals surface area contributed by atoms with Crippen molar-refractivity contribution in [3.05, 3.63) is 12.2 Å². The molecule has 2 heteroatoms. The van der Waals surface area contributed by atoms with Gasteiger partial charge in [0.15, 0.2) is 0 Å². The van der Waals surface area contributed by atoms with Gasteiger partial charge in [0, 0.05) is 6.42 Å². The SMILES string of the molecule is CCCCCCCCCCCCCCCC/C=C\CCCCCCCCCCCCCC(=O)OC. The Bertz CT molecular complexity index is 429. The summed E-state index contributed by atoms with van der Waals surface area (Å²) in [6.07, 6.45) is 42.8. The lowest BCUT2D eigenvalue weighted by Crippen LogP contribution is -1.99. The van der Waals surface area contributed by atoms with Crippen LogP contribution in [0.4, 0.5) is 0 Å². The normalized spacial score (nSPS) is 11.5. The summed E-state index contributed by atoms with van der Waals surface area (Å²) in [4.78, 5) is 11.0. The summed E-state index contributed by atoms with van der Waals surface area (Å²) in [5.41, 5.74) is 0. The Balaban J connectivity index is 3.10. The molecule has 0 unspecified atom stereocenters. The predicted octanol–water partition coefficient (Wildman–Crippen LogP) is 11.7. The fourth-order valence-corrected chi connectivity index (χ4v) is 4.92. The van der Waals surface area contributed by atoms with E-state index in [0.717, 1.165) is 6.42 Å². The molecule has 0 bridgehead atoms.